The van der Waals surface area contributed by atoms with E-state index < -0.39 is 15.9 Å². The number of carbonyl (C=O) groups excluding carboxylic acids is 3. The average molecular weight is 800 g/mol. The van der Waals surface area contributed by atoms with Crippen LogP contribution < -0.4 is 10.6 Å². The fourth-order valence-corrected chi connectivity index (χ4v) is 9.03. The fourth-order valence-electron chi connectivity index (χ4n) is 8.20. The average Bonchev–Trinajstić information content (AvgIpc) is 3.86. The number of fused-ring (bicyclic) bond motifs is 2. The molecule has 1 aliphatic carbocycles. The van der Waals surface area contributed by atoms with Crippen molar-refractivity contribution in [2.45, 2.75) is 38.6 Å². The first kappa shape index (κ1) is 37.7. The van der Waals surface area contributed by atoms with E-state index in [4.69, 9.17) is 15.9 Å². The number of primary amides is 1. The van der Waals surface area contributed by atoms with Gasteiger partial charge in [-0.25, -0.2) is 22.3 Å². The molecule has 15 heteroatoms. The van der Waals surface area contributed by atoms with Crippen LogP contribution in [-0.4, -0.2) is 105 Å². The molecule has 14 nitrogen and oxygen atoms in total. The Balaban J connectivity index is 1.03. The molecule has 1 saturated carbocycles. The summed E-state index contributed by atoms with van der Waals surface area (Å²) in [6.45, 7) is 4.56. The van der Waals surface area contributed by atoms with E-state index in [-0.39, 0.29) is 17.7 Å². The predicted molar refractivity (Wildman–Crippen MR) is 221 cm³/mol. The molecule has 2 N–H and O–H groups in total. The summed E-state index contributed by atoms with van der Waals surface area (Å²) in [6, 6.07) is 24.9. The lowest BCUT2D eigenvalue weighted by Gasteiger charge is -2.33. The molecule has 0 bridgehead atoms. The molecule has 2 aromatic carbocycles. The van der Waals surface area contributed by atoms with Gasteiger partial charge in [0.1, 0.15) is 0 Å². The van der Waals surface area contributed by atoms with Gasteiger partial charge in [0, 0.05) is 92.9 Å². The summed E-state index contributed by atoms with van der Waals surface area (Å²) in [7, 11) is -3.18. The summed E-state index contributed by atoms with van der Waals surface area (Å²) < 4.78 is 28.8. The number of likely N-dealkylation sites (tertiary alicyclic amines) is 1. The van der Waals surface area contributed by atoms with Crippen molar-refractivity contribution in [3.8, 4) is 22.3 Å². The summed E-state index contributed by atoms with van der Waals surface area (Å²) in [5.41, 5.74) is 12.5. The first-order valence-electron chi connectivity index (χ1n) is 19.8. The van der Waals surface area contributed by atoms with E-state index in [1.165, 1.54) is 10.6 Å². The first-order chi connectivity index (χ1) is 28.0. The van der Waals surface area contributed by atoms with Crippen molar-refractivity contribution in [2.24, 2.45) is 11.7 Å². The van der Waals surface area contributed by atoms with Gasteiger partial charge in [0.25, 0.3) is 5.91 Å². The standard InChI is InChI=1S/C43H45N9O5S/c1-58(56,57)49-24-22-47(23-25-49)28-29-7-9-30(10-8-29)34-6-5-20-50-36(34)26-38(45-50)52(43(55)33-15-16-33)39-27-37-40(35(41(44)53)17-21-51(37)46-39)31-11-13-32(14-12-31)42(54)48-18-3-2-4-19-48/h5-14,17,20-21,26-27,33H,2-4,15-16,18-19,22-25,28H2,1H3,(H2,44,53). The minimum Gasteiger partial charge on any atom is -0.366 e. The normalized spacial score (nSPS) is 16.9. The van der Waals surface area contributed by atoms with Gasteiger partial charge in [-0.1, -0.05) is 42.5 Å². The molecule has 9 rings (SSSR count). The Bertz CT molecular complexity index is 2650. The van der Waals surface area contributed by atoms with E-state index >= 15 is 0 Å². The summed E-state index contributed by atoms with van der Waals surface area (Å²) in [6.07, 6.45) is 9.46. The quantitative estimate of drug-likeness (QED) is 0.198. The van der Waals surface area contributed by atoms with E-state index in [2.05, 4.69) is 29.2 Å². The number of nitrogens with zero attached hydrogens (tertiary/aromatic N) is 8. The molecule has 3 fully saturated rings. The number of benzene rings is 2. The van der Waals surface area contributed by atoms with E-state index in [0.717, 1.165) is 73.9 Å². The highest BCUT2D eigenvalue weighted by Crippen LogP contribution is 2.39. The predicted octanol–water partition coefficient (Wildman–Crippen LogP) is 5.19. The molecular formula is C43H45N9O5S. The Morgan fingerprint density at radius 2 is 1.40 bits per heavy atom. The zero-order valence-electron chi connectivity index (χ0n) is 32.3. The number of rotatable bonds is 10. The topological polar surface area (TPSA) is 159 Å². The third-order valence-corrected chi connectivity index (χ3v) is 12.8. The number of piperidine rings is 1. The van der Waals surface area contributed by atoms with Gasteiger partial charge in [-0.15, -0.1) is 10.2 Å². The van der Waals surface area contributed by atoms with Gasteiger partial charge >= 0.3 is 0 Å². The van der Waals surface area contributed by atoms with Gasteiger partial charge in [-0.2, -0.15) is 4.31 Å². The third-order valence-electron chi connectivity index (χ3n) is 11.5. The second-order valence-corrected chi connectivity index (χ2v) is 17.6. The Kier molecular flexibility index (Phi) is 9.82. The maximum absolute atomic E-state index is 14.1. The van der Waals surface area contributed by atoms with Crippen LogP contribution in [0.5, 0.6) is 0 Å². The molecule has 298 valence electrons. The lowest BCUT2D eigenvalue weighted by molar-refractivity contribution is -0.119. The molecule has 3 aliphatic rings. The van der Waals surface area contributed by atoms with Gasteiger partial charge in [0.15, 0.2) is 11.6 Å². The highest BCUT2D eigenvalue weighted by Gasteiger charge is 2.37. The smallest absolute Gasteiger partial charge is 0.253 e. The number of amides is 3. The number of hydrogen-bond donors (Lipinski definition) is 1. The van der Waals surface area contributed by atoms with E-state index in [9.17, 15) is 22.8 Å². The molecule has 58 heavy (non-hydrogen) atoms. The molecule has 3 amide bonds. The molecule has 6 aromatic rings. The summed E-state index contributed by atoms with van der Waals surface area (Å²) >= 11 is 0. The Hall–Kier alpha value is -5.90. The summed E-state index contributed by atoms with van der Waals surface area (Å²) in [4.78, 5) is 45.9. The van der Waals surface area contributed by atoms with Gasteiger partial charge in [-0.05, 0) is 73.1 Å². The number of pyridine rings is 2. The molecule has 0 unspecified atom stereocenters. The Morgan fingerprint density at radius 1 is 0.759 bits per heavy atom. The number of aromatic nitrogens is 4. The van der Waals surface area contributed by atoms with Gasteiger partial charge in [0.05, 0.1) is 22.9 Å². The summed E-state index contributed by atoms with van der Waals surface area (Å²) in [5, 5.41) is 9.76. The Morgan fingerprint density at radius 3 is 2.03 bits per heavy atom. The van der Waals surface area contributed by atoms with Crippen LogP contribution in [0.3, 0.4) is 0 Å². The zero-order valence-corrected chi connectivity index (χ0v) is 33.1. The molecule has 2 aliphatic heterocycles. The third kappa shape index (κ3) is 7.36. The molecule has 0 atom stereocenters. The minimum absolute atomic E-state index is 0.00711. The van der Waals surface area contributed by atoms with Gasteiger partial charge in [0.2, 0.25) is 21.8 Å². The van der Waals surface area contributed by atoms with Crippen molar-refractivity contribution < 1.29 is 22.8 Å². The highest BCUT2D eigenvalue weighted by molar-refractivity contribution is 7.88. The number of anilines is 2. The van der Waals surface area contributed by atoms with Crippen LogP contribution in [0.1, 0.15) is 58.4 Å². The van der Waals surface area contributed by atoms with Crippen molar-refractivity contribution in [1.29, 1.82) is 0 Å². The number of nitrogens with two attached hydrogens (primary N) is 1. The molecule has 6 heterocycles. The SMILES string of the molecule is CS(=O)(=O)N1CCN(Cc2ccc(-c3cccn4nc(N(C(=O)C5CC5)c5cc6c(-c7ccc(C(=O)N8CCCCC8)cc7)c(C(N)=O)ccn6n5)cc34)cc2)CC1. The van der Waals surface area contributed by atoms with Crippen LogP contribution in [0.2, 0.25) is 0 Å². The lowest BCUT2D eigenvalue weighted by atomic mass is 9.97. The van der Waals surface area contributed by atoms with E-state index in [0.29, 0.717) is 65.6 Å². The Labute approximate surface area is 336 Å². The first-order valence-corrected chi connectivity index (χ1v) is 21.7. The van der Waals surface area contributed by atoms with Crippen molar-refractivity contribution in [3.05, 3.63) is 108 Å². The highest BCUT2D eigenvalue weighted by atomic mass is 32.2. The molecule has 4 aromatic heterocycles. The number of piperazine rings is 1. The molecule has 0 radical (unpaired) electrons. The van der Waals surface area contributed by atoms with Gasteiger partial charge in [-0.3, -0.25) is 19.3 Å². The largest absolute Gasteiger partial charge is 0.366 e. The van der Waals surface area contributed by atoms with Crippen molar-refractivity contribution in [2.75, 3.05) is 50.4 Å². The van der Waals surface area contributed by atoms with Crippen LogP contribution in [-0.2, 0) is 21.4 Å². The van der Waals surface area contributed by atoms with Crippen LogP contribution >= 0.6 is 0 Å². The lowest BCUT2D eigenvalue weighted by Crippen LogP contribution is -2.47. The maximum atomic E-state index is 14.1. The molecule has 0 spiro atoms. The van der Waals surface area contributed by atoms with Crippen molar-refractivity contribution in [1.82, 2.24) is 33.3 Å². The van der Waals surface area contributed by atoms with Crippen LogP contribution in [0, 0.1) is 5.92 Å². The second kappa shape index (κ2) is 15.1. The van der Waals surface area contributed by atoms with Crippen molar-refractivity contribution >= 4 is 50.4 Å². The maximum Gasteiger partial charge on any atom is 0.253 e. The zero-order chi connectivity index (χ0) is 40.1. The van der Waals surface area contributed by atoms with Crippen LogP contribution in [0.4, 0.5) is 11.6 Å². The molecule has 2 saturated heterocycles. The second-order valence-electron chi connectivity index (χ2n) is 15.6. The van der Waals surface area contributed by atoms with E-state index in [1.807, 2.05) is 41.4 Å². The van der Waals surface area contributed by atoms with Gasteiger partial charge < -0.3 is 10.6 Å². The van der Waals surface area contributed by atoms with Crippen LogP contribution in [0.25, 0.3) is 33.3 Å². The number of hydrogen-bond acceptors (Lipinski definition) is 8. The summed E-state index contributed by atoms with van der Waals surface area (Å²) in [5.74, 6) is -0.0764. The minimum atomic E-state index is -3.18. The monoisotopic (exact) mass is 799 g/mol. The van der Waals surface area contributed by atoms with E-state index in [1.54, 1.807) is 44.4 Å². The van der Waals surface area contributed by atoms with Crippen molar-refractivity contribution in [3.63, 3.8) is 0 Å². The fraction of sp³-hybridized carbons (Fsp3) is 0.326. The number of sulfonamides is 1. The number of carbonyl (C=O) groups is 3. The molecular weight excluding hydrogens is 755 g/mol. The van der Waals surface area contributed by atoms with Crippen LogP contribution in [0.15, 0.2) is 91.3 Å².